The van der Waals surface area contributed by atoms with E-state index in [1.54, 1.807) is 45.0 Å². The average molecular weight is 369 g/mol. The van der Waals surface area contributed by atoms with E-state index in [1.807, 2.05) is 0 Å². The minimum Gasteiger partial charge on any atom is -0.342 e. The highest BCUT2D eigenvalue weighted by atomic mass is 31.2. The summed E-state index contributed by atoms with van der Waals surface area (Å²) in [7, 11) is -3.69. The number of hydrogen-bond donors (Lipinski definition) is 0. The lowest BCUT2D eigenvalue weighted by Gasteiger charge is -2.37. The van der Waals surface area contributed by atoms with Gasteiger partial charge in [0.1, 0.15) is 6.29 Å². The van der Waals surface area contributed by atoms with Gasteiger partial charge in [-0.05, 0) is 39.8 Å². The number of carbonyl (C=O) groups is 2. The maximum Gasteiger partial charge on any atom is 0.279 e. The first kappa shape index (κ1) is 19.8. The number of imide groups is 1. The van der Waals surface area contributed by atoms with Gasteiger partial charge in [0, 0.05) is 13.2 Å². The molecule has 25 heavy (non-hydrogen) atoms. The maximum atomic E-state index is 13.6. The first-order valence-corrected chi connectivity index (χ1v) is 10.1. The quantitative estimate of drug-likeness (QED) is 0.377. The zero-order valence-electron chi connectivity index (χ0n) is 15.0. The largest absolute Gasteiger partial charge is 0.342 e. The van der Waals surface area contributed by atoms with Crippen LogP contribution in [0.4, 0.5) is 0 Å². The summed E-state index contributed by atoms with van der Waals surface area (Å²) in [5.74, 6) is -0.980. The van der Waals surface area contributed by atoms with E-state index in [4.69, 9.17) is 14.0 Å². The minimum atomic E-state index is -3.69. The molecule has 0 N–H and O–H groups in total. The van der Waals surface area contributed by atoms with Gasteiger partial charge in [-0.15, -0.1) is 0 Å². The van der Waals surface area contributed by atoms with Gasteiger partial charge in [-0.2, -0.15) is 0 Å². The number of amides is 2. The van der Waals surface area contributed by atoms with E-state index >= 15 is 0 Å². The summed E-state index contributed by atoms with van der Waals surface area (Å²) in [5, 5.41) is 0. The third-order valence-corrected chi connectivity index (χ3v) is 6.81. The molecule has 1 aromatic rings. The van der Waals surface area contributed by atoms with Gasteiger partial charge in [0.2, 0.25) is 5.53 Å². The number of rotatable bonds is 9. The molecule has 0 spiro atoms. The van der Waals surface area contributed by atoms with Crippen molar-refractivity contribution in [3.8, 4) is 0 Å². The van der Waals surface area contributed by atoms with Crippen LogP contribution in [-0.4, -0.2) is 48.3 Å². The SMILES string of the molecule is CCOC(C)(OCC)P(=O)(CN1C(=O)c2ccccc2C1=O)OCC. The number of nitrogens with zero attached hydrogens (tertiary/aromatic N) is 1. The Kier molecular flexibility index (Phi) is 6.16. The number of hydrogen-bond acceptors (Lipinski definition) is 6. The summed E-state index contributed by atoms with van der Waals surface area (Å²) in [6.45, 7) is 7.33. The summed E-state index contributed by atoms with van der Waals surface area (Å²) in [6, 6.07) is 6.51. The molecule has 1 heterocycles. The highest BCUT2D eigenvalue weighted by molar-refractivity contribution is 7.60. The monoisotopic (exact) mass is 369 g/mol. The van der Waals surface area contributed by atoms with Crippen LogP contribution in [0.25, 0.3) is 0 Å². The van der Waals surface area contributed by atoms with E-state index < -0.39 is 31.0 Å². The molecule has 1 aliphatic rings. The Balaban J connectivity index is 2.38. The Morgan fingerprint density at radius 2 is 1.44 bits per heavy atom. The van der Waals surface area contributed by atoms with Crippen molar-refractivity contribution in [1.82, 2.24) is 4.90 Å². The summed E-state index contributed by atoms with van der Waals surface area (Å²) in [5.41, 5.74) is -0.947. The fourth-order valence-electron chi connectivity index (χ4n) is 2.82. The lowest BCUT2D eigenvalue weighted by atomic mass is 10.1. The van der Waals surface area contributed by atoms with Crippen molar-refractivity contribution in [2.75, 3.05) is 26.1 Å². The van der Waals surface area contributed by atoms with Gasteiger partial charge in [-0.1, -0.05) is 12.1 Å². The fourth-order valence-corrected chi connectivity index (χ4v) is 5.09. The number of carbonyl (C=O) groups excluding carboxylic acids is 2. The smallest absolute Gasteiger partial charge is 0.279 e. The molecule has 2 amide bonds. The number of ether oxygens (including phenoxy) is 2. The fraction of sp³-hybridized carbons (Fsp3) is 0.529. The Hall–Kier alpha value is -1.53. The summed E-state index contributed by atoms with van der Waals surface area (Å²) < 4.78 is 30.3. The van der Waals surface area contributed by atoms with Crippen molar-refractivity contribution < 1.29 is 28.2 Å². The van der Waals surface area contributed by atoms with Crippen molar-refractivity contribution in [3.63, 3.8) is 0 Å². The molecule has 0 bridgehead atoms. The molecule has 138 valence electrons. The standard InChI is InChI=1S/C17H24NO6P/c1-5-22-17(4,23-6-2)25(21,24-7-3)12-18-15(19)13-10-8-9-11-14(13)16(18)20/h8-11H,5-7,12H2,1-4H3. The first-order chi connectivity index (χ1) is 11.8. The zero-order chi connectivity index (χ0) is 18.7. The van der Waals surface area contributed by atoms with E-state index in [1.165, 1.54) is 6.92 Å². The second-order valence-electron chi connectivity index (χ2n) is 5.58. The lowest BCUT2D eigenvalue weighted by molar-refractivity contribution is -0.168. The van der Waals surface area contributed by atoms with Gasteiger partial charge in [0.25, 0.3) is 19.2 Å². The van der Waals surface area contributed by atoms with E-state index in [-0.39, 0.29) is 19.8 Å². The highest BCUT2D eigenvalue weighted by Crippen LogP contribution is 2.60. The molecule has 0 radical (unpaired) electrons. The number of fused-ring (bicyclic) bond motifs is 1. The molecule has 0 saturated carbocycles. The molecule has 1 aromatic carbocycles. The molecule has 1 atom stereocenters. The Morgan fingerprint density at radius 3 is 1.84 bits per heavy atom. The van der Waals surface area contributed by atoms with E-state index in [0.29, 0.717) is 11.1 Å². The summed E-state index contributed by atoms with van der Waals surface area (Å²) >= 11 is 0. The van der Waals surface area contributed by atoms with Crippen molar-refractivity contribution in [2.24, 2.45) is 0 Å². The third-order valence-electron chi connectivity index (χ3n) is 3.99. The van der Waals surface area contributed by atoms with Crippen LogP contribution in [0.2, 0.25) is 0 Å². The molecule has 8 heteroatoms. The molecule has 2 rings (SSSR count). The van der Waals surface area contributed by atoms with Gasteiger partial charge in [0.15, 0.2) is 0 Å². The van der Waals surface area contributed by atoms with Crippen molar-refractivity contribution in [2.45, 2.75) is 33.2 Å². The van der Waals surface area contributed by atoms with Crippen LogP contribution in [-0.2, 0) is 18.6 Å². The van der Waals surface area contributed by atoms with E-state index in [2.05, 4.69) is 0 Å². The molecule has 0 aromatic heterocycles. The Bertz CT molecular complexity index is 663. The minimum absolute atomic E-state index is 0.135. The van der Waals surface area contributed by atoms with E-state index in [9.17, 15) is 14.2 Å². The molecule has 0 fully saturated rings. The summed E-state index contributed by atoms with van der Waals surface area (Å²) in [6.07, 6.45) is -0.399. The molecule has 0 aliphatic carbocycles. The van der Waals surface area contributed by atoms with Crippen LogP contribution in [0.1, 0.15) is 48.4 Å². The molecular weight excluding hydrogens is 345 g/mol. The van der Waals surface area contributed by atoms with Crippen LogP contribution in [0.3, 0.4) is 0 Å². The van der Waals surface area contributed by atoms with Crippen LogP contribution in [0, 0.1) is 0 Å². The predicted molar refractivity (Wildman–Crippen MR) is 92.7 cm³/mol. The van der Waals surface area contributed by atoms with Crippen LogP contribution in [0.15, 0.2) is 24.3 Å². The molecule has 7 nitrogen and oxygen atoms in total. The molecule has 1 aliphatic heterocycles. The lowest BCUT2D eigenvalue weighted by Crippen LogP contribution is -2.40. The molecular formula is C17H24NO6P. The number of benzene rings is 1. The third kappa shape index (κ3) is 3.55. The average Bonchev–Trinajstić information content (AvgIpc) is 2.81. The second-order valence-corrected chi connectivity index (χ2v) is 8.28. The van der Waals surface area contributed by atoms with Crippen LogP contribution in [0.5, 0.6) is 0 Å². The van der Waals surface area contributed by atoms with E-state index in [0.717, 1.165) is 4.90 Å². The Morgan fingerprint density at radius 1 is 0.960 bits per heavy atom. The van der Waals surface area contributed by atoms with Gasteiger partial charge in [0.05, 0.1) is 17.7 Å². The van der Waals surface area contributed by atoms with Gasteiger partial charge < -0.3 is 14.0 Å². The van der Waals surface area contributed by atoms with Crippen molar-refractivity contribution in [1.29, 1.82) is 0 Å². The topological polar surface area (TPSA) is 82.1 Å². The first-order valence-electron chi connectivity index (χ1n) is 8.30. The van der Waals surface area contributed by atoms with Crippen LogP contribution >= 0.6 is 7.37 Å². The van der Waals surface area contributed by atoms with Gasteiger partial charge >= 0.3 is 0 Å². The maximum absolute atomic E-state index is 13.6. The highest BCUT2D eigenvalue weighted by Gasteiger charge is 2.52. The van der Waals surface area contributed by atoms with Crippen molar-refractivity contribution in [3.05, 3.63) is 35.4 Å². The van der Waals surface area contributed by atoms with Crippen molar-refractivity contribution >= 4 is 19.2 Å². The summed E-state index contributed by atoms with van der Waals surface area (Å²) in [4.78, 5) is 26.1. The molecule has 1 unspecified atom stereocenters. The normalized spacial score (nSPS) is 16.9. The van der Waals surface area contributed by atoms with Crippen LogP contribution < -0.4 is 0 Å². The Labute approximate surface area is 147 Å². The zero-order valence-corrected chi connectivity index (χ0v) is 15.9. The van der Waals surface area contributed by atoms with Gasteiger partial charge in [-0.25, -0.2) is 0 Å². The van der Waals surface area contributed by atoms with Gasteiger partial charge in [-0.3, -0.25) is 19.1 Å². The second kappa shape index (κ2) is 7.79. The predicted octanol–water partition coefficient (Wildman–Crippen LogP) is 3.30. The molecule has 0 saturated heterocycles.